The molecule has 0 aliphatic carbocycles. The summed E-state index contributed by atoms with van der Waals surface area (Å²) in [6.45, 7) is 3.03. The lowest BCUT2D eigenvalue weighted by Gasteiger charge is -2.15. The van der Waals surface area contributed by atoms with Gasteiger partial charge >= 0.3 is 6.16 Å². The number of Topliss-reactive ketones (excluding diaryl/α,β-unsaturated/α-hetero) is 1. The van der Waals surface area contributed by atoms with Gasteiger partial charge in [-0.05, 0) is 20.3 Å². The standard InChI is InChI=1S/C11H15NO6/c1-7(13)3-4-8(2)17-11(16)18-12-9(14)5-6-10(12)15/h8H,3-6H2,1-2H3/t8-/m1/s1. The van der Waals surface area contributed by atoms with Crippen LogP contribution in [0.15, 0.2) is 0 Å². The molecule has 1 rings (SSSR count). The molecule has 18 heavy (non-hydrogen) atoms. The molecule has 7 heteroatoms. The average Bonchev–Trinajstić information content (AvgIpc) is 2.58. The SMILES string of the molecule is CC(=O)CC[C@@H](C)OC(=O)ON1C(=O)CCC1=O. The molecule has 0 aromatic rings. The van der Waals surface area contributed by atoms with Crippen LogP contribution >= 0.6 is 0 Å². The van der Waals surface area contributed by atoms with Gasteiger partial charge < -0.3 is 9.53 Å². The van der Waals surface area contributed by atoms with E-state index in [2.05, 4.69) is 4.84 Å². The topological polar surface area (TPSA) is 90.0 Å². The Morgan fingerprint density at radius 3 is 2.33 bits per heavy atom. The molecule has 1 heterocycles. The number of imide groups is 1. The van der Waals surface area contributed by atoms with Gasteiger partial charge in [-0.2, -0.15) is 0 Å². The lowest BCUT2D eigenvalue weighted by molar-refractivity contribution is -0.178. The Morgan fingerprint density at radius 2 is 1.83 bits per heavy atom. The first kappa shape index (κ1) is 14.1. The Hall–Kier alpha value is -1.92. The second kappa shape index (κ2) is 6.13. The summed E-state index contributed by atoms with van der Waals surface area (Å²) in [4.78, 5) is 48.8. The molecule has 0 bridgehead atoms. The monoisotopic (exact) mass is 257 g/mol. The normalized spacial score (nSPS) is 16.7. The molecule has 2 amide bonds. The van der Waals surface area contributed by atoms with E-state index in [-0.39, 0.29) is 25.0 Å². The van der Waals surface area contributed by atoms with Gasteiger partial charge in [0.05, 0.1) is 0 Å². The van der Waals surface area contributed by atoms with Crippen molar-refractivity contribution in [1.82, 2.24) is 5.06 Å². The highest BCUT2D eigenvalue weighted by atomic mass is 16.8. The zero-order valence-corrected chi connectivity index (χ0v) is 10.3. The highest BCUT2D eigenvalue weighted by Crippen LogP contribution is 2.13. The Kier molecular flexibility index (Phi) is 4.82. The predicted molar refractivity (Wildman–Crippen MR) is 58.0 cm³/mol. The van der Waals surface area contributed by atoms with Crippen molar-refractivity contribution in [3.63, 3.8) is 0 Å². The summed E-state index contributed by atoms with van der Waals surface area (Å²) in [5.74, 6) is -1.13. The molecule has 0 aromatic heterocycles. The summed E-state index contributed by atoms with van der Waals surface area (Å²) in [5.41, 5.74) is 0. The maximum Gasteiger partial charge on any atom is 0.534 e. The maximum atomic E-state index is 11.3. The number of hydroxylamine groups is 2. The summed E-state index contributed by atoms with van der Waals surface area (Å²) in [6, 6.07) is 0. The molecule has 7 nitrogen and oxygen atoms in total. The number of amides is 2. The van der Waals surface area contributed by atoms with Crippen LogP contribution in [0.25, 0.3) is 0 Å². The number of ketones is 1. The van der Waals surface area contributed by atoms with Crippen LogP contribution in [0.5, 0.6) is 0 Å². The first-order valence-corrected chi connectivity index (χ1v) is 5.64. The molecule has 0 unspecified atom stereocenters. The van der Waals surface area contributed by atoms with E-state index < -0.39 is 24.1 Å². The fourth-order valence-electron chi connectivity index (χ4n) is 1.38. The molecule has 1 aliphatic heterocycles. The van der Waals surface area contributed by atoms with E-state index in [0.29, 0.717) is 11.5 Å². The molecule has 0 radical (unpaired) electrons. The third kappa shape index (κ3) is 4.15. The quantitative estimate of drug-likeness (QED) is 0.538. The number of nitrogens with zero attached hydrogens (tertiary/aromatic N) is 1. The van der Waals surface area contributed by atoms with Crippen molar-refractivity contribution in [3.8, 4) is 0 Å². The van der Waals surface area contributed by atoms with Crippen molar-refractivity contribution >= 4 is 23.8 Å². The molecule has 1 aliphatic rings. The van der Waals surface area contributed by atoms with Gasteiger partial charge in [0.1, 0.15) is 11.9 Å². The van der Waals surface area contributed by atoms with Gasteiger partial charge in [-0.1, -0.05) is 5.06 Å². The summed E-state index contributed by atoms with van der Waals surface area (Å²) in [5, 5.41) is 0.417. The van der Waals surface area contributed by atoms with Crippen LogP contribution in [0.4, 0.5) is 4.79 Å². The number of rotatable bonds is 5. The molecule has 0 aromatic carbocycles. The second-order valence-corrected chi connectivity index (χ2v) is 4.09. The van der Waals surface area contributed by atoms with Crippen LogP contribution in [0.1, 0.15) is 39.5 Å². The first-order chi connectivity index (χ1) is 8.40. The molecule has 0 spiro atoms. The molecule has 1 atom stereocenters. The number of hydrogen-bond donors (Lipinski definition) is 0. The van der Waals surface area contributed by atoms with Crippen molar-refractivity contribution in [2.24, 2.45) is 0 Å². The molecule has 1 fully saturated rings. The number of carbonyl (C=O) groups excluding carboxylic acids is 4. The first-order valence-electron chi connectivity index (χ1n) is 5.64. The van der Waals surface area contributed by atoms with Gasteiger partial charge in [0.2, 0.25) is 0 Å². The van der Waals surface area contributed by atoms with Gasteiger partial charge in [0.25, 0.3) is 11.8 Å². The fraction of sp³-hybridized carbons (Fsp3) is 0.636. The van der Waals surface area contributed by atoms with Crippen molar-refractivity contribution in [1.29, 1.82) is 0 Å². The van der Waals surface area contributed by atoms with Gasteiger partial charge in [0.15, 0.2) is 0 Å². The molecule has 100 valence electrons. The lowest BCUT2D eigenvalue weighted by Crippen LogP contribution is -2.33. The molecule has 1 saturated heterocycles. The summed E-state index contributed by atoms with van der Waals surface area (Å²) >= 11 is 0. The zero-order valence-electron chi connectivity index (χ0n) is 10.3. The van der Waals surface area contributed by atoms with E-state index in [1.165, 1.54) is 6.92 Å². The number of carbonyl (C=O) groups is 4. The van der Waals surface area contributed by atoms with Crippen LogP contribution in [0.3, 0.4) is 0 Å². The van der Waals surface area contributed by atoms with E-state index in [1.54, 1.807) is 6.92 Å². The summed E-state index contributed by atoms with van der Waals surface area (Å²) < 4.78 is 4.80. The fourth-order valence-corrected chi connectivity index (χ4v) is 1.38. The van der Waals surface area contributed by atoms with Gasteiger partial charge in [-0.25, -0.2) is 4.79 Å². The minimum atomic E-state index is -1.12. The van der Waals surface area contributed by atoms with E-state index in [1.807, 2.05) is 0 Å². The van der Waals surface area contributed by atoms with E-state index in [4.69, 9.17) is 4.74 Å². The third-order valence-corrected chi connectivity index (χ3v) is 2.37. The largest absolute Gasteiger partial charge is 0.534 e. The van der Waals surface area contributed by atoms with Crippen LogP contribution in [-0.2, 0) is 24.0 Å². The van der Waals surface area contributed by atoms with Crippen LogP contribution < -0.4 is 0 Å². The number of ether oxygens (including phenoxy) is 1. The lowest BCUT2D eigenvalue weighted by atomic mass is 10.2. The summed E-state index contributed by atoms with van der Waals surface area (Å²) in [6.07, 6.45) is -0.913. The van der Waals surface area contributed by atoms with E-state index in [0.717, 1.165) is 0 Å². The smallest absolute Gasteiger partial charge is 0.430 e. The van der Waals surface area contributed by atoms with Gasteiger partial charge in [-0.3, -0.25) is 14.4 Å². The van der Waals surface area contributed by atoms with Crippen molar-refractivity contribution in [3.05, 3.63) is 0 Å². The Bertz CT molecular complexity index is 362. The highest BCUT2D eigenvalue weighted by molar-refractivity contribution is 6.01. The van der Waals surface area contributed by atoms with Crippen molar-refractivity contribution < 1.29 is 28.8 Å². The predicted octanol–water partition coefficient (Wildman–Crippen LogP) is 0.961. The molecule has 0 saturated carbocycles. The van der Waals surface area contributed by atoms with Crippen LogP contribution in [0.2, 0.25) is 0 Å². The van der Waals surface area contributed by atoms with Crippen LogP contribution in [0, 0.1) is 0 Å². The second-order valence-electron chi connectivity index (χ2n) is 4.09. The Labute approximate surface area is 104 Å². The zero-order chi connectivity index (χ0) is 13.7. The number of hydrogen-bond acceptors (Lipinski definition) is 6. The minimum absolute atomic E-state index is 0.0104. The van der Waals surface area contributed by atoms with E-state index >= 15 is 0 Å². The minimum Gasteiger partial charge on any atom is -0.430 e. The van der Waals surface area contributed by atoms with E-state index in [9.17, 15) is 19.2 Å². The van der Waals surface area contributed by atoms with Crippen molar-refractivity contribution in [2.75, 3.05) is 0 Å². The Morgan fingerprint density at radius 1 is 1.28 bits per heavy atom. The molecular formula is C11H15NO6. The maximum absolute atomic E-state index is 11.3. The third-order valence-electron chi connectivity index (χ3n) is 2.37. The average molecular weight is 257 g/mol. The van der Waals surface area contributed by atoms with Gasteiger partial charge in [0, 0.05) is 19.3 Å². The van der Waals surface area contributed by atoms with Crippen molar-refractivity contribution in [2.45, 2.75) is 45.6 Å². The van der Waals surface area contributed by atoms with Crippen LogP contribution in [-0.4, -0.2) is 34.9 Å². The van der Waals surface area contributed by atoms with Gasteiger partial charge in [-0.15, -0.1) is 0 Å². The highest BCUT2D eigenvalue weighted by Gasteiger charge is 2.33. The Balaban J connectivity index is 2.35. The molecule has 0 N–H and O–H groups in total. The summed E-state index contributed by atoms with van der Waals surface area (Å²) in [7, 11) is 0. The molecular weight excluding hydrogens is 242 g/mol.